The van der Waals surface area contributed by atoms with E-state index in [0.29, 0.717) is 16.5 Å². The molecule has 2 aromatic heterocycles. The van der Waals surface area contributed by atoms with Gasteiger partial charge in [-0.1, -0.05) is 41.7 Å². The number of halogens is 1. The lowest BCUT2D eigenvalue weighted by molar-refractivity contribution is 0.292. The molecule has 0 fully saturated rings. The third-order valence-electron chi connectivity index (χ3n) is 3.26. The van der Waals surface area contributed by atoms with Crippen molar-refractivity contribution in [3.05, 3.63) is 66.2 Å². The first-order valence-electron chi connectivity index (χ1n) is 6.94. The van der Waals surface area contributed by atoms with Crippen molar-refractivity contribution in [1.29, 1.82) is 0 Å². The fourth-order valence-electron chi connectivity index (χ4n) is 2.12. The van der Waals surface area contributed by atoms with Crippen molar-refractivity contribution >= 4 is 16.3 Å². The molecular weight excluding hydrogens is 315 g/mol. The Labute approximate surface area is 135 Å². The number of ether oxygens (including phenoxy) is 1. The highest BCUT2D eigenvalue weighted by Gasteiger charge is 2.13. The highest BCUT2D eigenvalue weighted by molar-refractivity contribution is 7.19. The number of hydrogen-bond acceptors (Lipinski definition) is 5. The van der Waals surface area contributed by atoms with Gasteiger partial charge in [0.2, 0.25) is 4.96 Å². The van der Waals surface area contributed by atoms with Crippen LogP contribution < -0.4 is 4.74 Å². The molecule has 2 heterocycles. The quantitative estimate of drug-likeness (QED) is 0.575. The Kier molecular flexibility index (Phi) is 3.47. The van der Waals surface area contributed by atoms with Crippen molar-refractivity contribution in [3.63, 3.8) is 0 Å². The lowest BCUT2D eigenvalue weighted by atomic mass is 10.2. The molecular formula is C16H11FN4OS. The van der Waals surface area contributed by atoms with Crippen LogP contribution in [0, 0.1) is 5.82 Å². The van der Waals surface area contributed by atoms with Crippen LogP contribution in [0.2, 0.25) is 0 Å². The molecule has 0 saturated heterocycles. The largest absolute Gasteiger partial charge is 0.486 e. The van der Waals surface area contributed by atoms with Crippen molar-refractivity contribution in [2.45, 2.75) is 6.61 Å². The predicted octanol–water partition coefficient (Wildman–Crippen LogP) is 3.57. The third-order valence-corrected chi connectivity index (χ3v) is 4.21. The fraction of sp³-hybridized carbons (Fsp3) is 0.0625. The lowest BCUT2D eigenvalue weighted by Crippen LogP contribution is -2.02. The second-order valence-corrected chi connectivity index (χ2v) is 5.78. The minimum Gasteiger partial charge on any atom is -0.486 e. The van der Waals surface area contributed by atoms with E-state index in [1.165, 1.54) is 23.5 Å². The summed E-state index contributed by atoms with van der Waals surface area (Å²) in [5, 5.41) is 13.6. The van der Waals surface area contributed by atoms with Crippen LogP contribution in [0.5, 0.6) is 5.75 Å². The Morgan fingerprint density at radius 3 is 2.57 bits per heavy atom. The average Bonchev–Trinajstić information content (AvgIpc) is 3.16. The molecule has 4 aromatic rings. The van der Waals surface area contributed by atoms with Crippen LogP contribution >= 0.6 is 11.3 Å². The molecule has 0 radical (unpaired) electrons. The van der Waals surface area contributed by atoms with Crippen LogP contribution in [0.3, 0.4) is 0 Å². The number of fused-ring (bicyclic) bond motifs is 1. The van der Waals surface area contributed by atoms with E-state index >= 15 is 0 Å². The molecule has 0 unspecified atom stereocenters. The van der Waals surface area contributed by atoms with Crippen LogP contribution in [0.15, 0.2) is 54.6 Å². The topological polar surface area (TPSA) is 52.3 Å². The number of nitrogens with zero attached hydrogens (tertiary/aromatic N) is 4. The van der Waals surface area contributed by atoms with E-state index in [0.717, 1.165) is 10.6 Å². The average molecular weight is 326 g/mol. The molecule has 114 valence electrons. The van der Waals surface area contributed by atoms with E-state index in [9.17, 15) is 4.39 Å². The van der Waals surface area contributed by atoms with Crippen LogP contribution in [-0.4, -0.2) is 19.8 Å². The van der Waals surface area contributed by atoms with E-state index in [2.05, 4.69) is 15.3 Å². The summed E-state index contributed by atoms with van der Waals surface area (Å²) in [5.41, 5.74) is 1.04. The number of rotatable bonds is 4. The molecule has 23 heavy (non-hydrogen) atoms. The standard InChI is InChI=1S/C16H11FN4OS/c17-12-6-8-13(9-7-12)22-10-14-18-19-16-21(14)20-15(23-16)11-4-2-1-3-5-11/h1-9H,10H2. The molecule has 0 atom stereocenters. The van der Waals surface area contributed by atoms with Gasteiger partial charge in [-0.25, -0.2) is 4.39 Å². The highest BCUT2D eigenvalue weighted by atomic mass is 32.1. The van der Waals surface area contributed by atoms with Gasteiger partial charge in [0.1, 0.15) is 23.2 Å². The monoisotopic (exact) mass is 326 g/mol. The molecule has 4 rings (SSSR count). The van der Waals surface area contributed by atoms with Gasteiger partial charge in [0.15, 0.2) is 5.82 Å². The summed E-state index contributed by atoms with van der Waals surface area (Å²) in [7, 11) is 0. The van der Waals surface area contributed by atoms with Crippen molar-refractivity contribution < 1.29 is 9.13 Å². The van der Waals surface area contributed by atoms with Gasteiger partial charge in [-0.05, 0) is 24.3 Å². The van der Waals surface area contributed by atoms with Crippen LogP contribution in [0.25, 0.3) is 15.5 Å². The first kappa shape index (κ1) is 13.8. The van der Waals surface area contributed by atoms with Gasteiger partial charge in [-0.3, -0.25) is 0 Å². The molecule has 0 amide bonds. The van der Waals surface area contributed by atoms with E-state index in [1.54, 1.807) is 16.6 Å². The van der Waals surface area contributed by atoms with Crippen LogP contribution in [-0.2, 0) is 6.61 Å². The van der Waals surface area contributed by atoms with Gasteiger partial charge in [0.05, 0.1) is 0 Å². The number of hydrogen-bond donors (Lipinski definition) is 0. The molecule has 0 spiro atoms. The minimum atomic E-state index is -0.297. The van der Waals surface area contributed by atoms with E-state index in [-0.39, 0.29) is 12.4 Å². The van der Waals surface area contributed by atoms with Crippen molar-refractivity contribution in [1.82, 2.24) is 19.8 Å². The third kappa shape index (κ3) is 2.78. The molecule has 0 bridgehead atoms. The second-order valence-electron chi connectivity index (χ2n) is 4.83. The molecule has 0 aliphatic rings. The summed E-state index contributed by atoms with van der Waals surface area (Å²) < 4.78 is 20.2. The summed E-state index contributed by atoms with van der Waals surface area (Å²) in [5.74, 6) is 0.874. The fourth-order valence-corrected chi connectivity index (χ4v) is 2.99. The summed E-state index contributed by atoms with van der Waals surface area (Å²) in [6.45, 7) is 0.213. The van der Waals surface area contributed by atoms with Gasteiger partial charge in [-0.15, -0.1) is 10.2 Å². The Balaban J connectivity index is 1.58. The van der Waals surface area contributed by atoms with Crippen molar-refractivity contribution in [2.24, 2.45) is 0 Å². The maximum atomic E-state index is 12.9. The summed E-state index contributed by atoms with van der Waals surface area (Å²) in [6.07, 6.45) is 0. The molecule has 5 nitrogen and oxygen atoms in total. The Morgan fingerprint density at radius 2 is 1.78 bits per heavy atom. The van der Waals surface area contributed by atoms with Gasteiger partial charge in [0, 0.05) is 5.56 Å². The van der Waals surface area contributed by atoms with Crippen LogP contribution in [0.1, 0.15) is 5.82 Å². The minimum absolute atomic E-state index is 0.213. The Hall–Kier alpha value is -2.80. The molecule has 2 aromatic carbocycles. The number of aromatic nitrogens is 4. The van der Waals surface area contributed by atoms with E-state index < -0.39 is 0 Å². The van der Waals surface area contributed by atoms with Gasteiger partial charge in [0.25, 0.3) is 0 Å². The molecule has 0 saturated carbocycles. The van der Waals surface area contributed by atoms with E-state index in [1.807, 2.05) is 30.3 Å². The van der Waals surface area contributed by atoms with Gasteiger partial charge in [-0.2, -0.15) is 9.61 Å². The molecule has 0 aliphatic heterocycles. The smallest absolute Gasteiger partial charge is 0.235 e. The maximum absolute atomic E-state index is 12.9. The number of benzene rings is 2. The first-order chi connectivity index (χ1) is 11.3. The van der Waals surface area contributed by atoms with Gasteiger partial charge < -0.3 is 4.74 Å². The zero-order valence-electron chi connectivity index (χ0n) is 11.9. The summed E-state index contributed by atoms with van der Waals surface area (Å²) >= 11 is 1.47. The Bertz CT molecular complexity index is 934. The normalized spacial score (nSPS) is 11.0. The summed E-state index contributed by atoms with van der Waals surface area (Å²) in [6, 6.07) is 15.8. The first-order valence-corrected chi connectivity index (χ1v) is 7.76. The zero-order valence-corrected chi connectivity index (χ0v) is 12.7. The van der Waals surface area contributed by atoms with Gasteiger partial charge >= 0.3 is 0 Å². The lowest BCUT2D eigenvalue weighted by Gasteiger charge is -2.03. The predicted molar refractivity (Wildman–Crippen MR) is 84.8 cm³/mol. The molecule has 0 N–H and O–H groups in total. The summed E-state index contributed by atoms with van der Waals surface area (Å²) in [4.78, 5) is 0.710. The maximum Gasteiger partial charge on any atom is 0.235 e. The highest BCUT2D eigenvalue weighted by Crippen LogP contribution is 2.25. The molecule has 7 heteroatoms. The van der Waals surface area contributed by atoms with Crippen molar-refractivity contribution in [2.75, 3.05) is 0 Å². The SMILES string of the molecule is Fc1ccc(OCc2nnc3sc(-c4ccccc4)nn23)cc1. The Morgan fingerprint density at radius 1 is 1.00 bits per heavy atom. The molecule has 0 aliphatic carbocycles. The van der Waals surface area contributed by atoms with E-state index in [4.69, 9.17) is 4.74 Å². The van der Waals surface area contributed by atoms with Crippen molar-refractivity contribution in [3.8, 4) is 16.3 Å². The second kappa shape index (κ2) is 5.77. The zero-order chi connectivity index (χ0) is 15.6. The van der Waals surface area contributed by atoms with Crippen LogP contribution in [0.4, 0.5) is 4.39 Å².